The number of aryl methyl sites for hydroxylation is 1. The molecule has 0 aliphatic heterocycles. The topological polar surface area (TPSA) is 26.3 Å². The fourth-order valence-corrected chi connectivity index (χ4v) is 3.64. The zero-order chi connectivity index (χ0) is 12.1. The Morgan fingerprint density at radius 3 is 2.59 bits per heavy atom. The van der Waals surface area contributed by atoms with E-state index in [1.807, 2.05) is 41.8 Å². The van der Waals surface area contributed by atoms with E-state index in [1.165, 1.54) is 5.56 Å². The van der Waals surface area contributed by atoms with Gasteiger partial charge in [-0.25, -0.2) is 0 Å². The molecule has 17 heavy (non-hydrogen) atoms. The number of benzene rings is 1. The van der Waals surface area contributed by atoms with Gasteiger partial charge in [-0.3, -0.25) is 4.21 Å². The van der Waals surface area contributed by atoms with E-state index in [-0.39, 0.29) is 0 Å². The number of methoxy groups -OCH3 is 1. The van der Waals surface area contributed by atoms with Crippen molar-refractivity contribution in [3.05, 3.63) is 47.3 Å². The Hall–Kier alpha value is -1.13. The Morgan fingerprint density at radius 1 is 1.24 bits per heavy atom. The molecule has 2 nitrogen and oxygen atoms in total. The molecule has 1 heterocycles. The van der Waals surface area contributed by atoms with Crippen LogP contribution in [0.4, 0.5) is 0 Å². The van der Waals surface area contributed by atoms with Crippen molar-refractivity contribution < 1.29 is 8.95 Å². The van der Waals surface area contributed by atoms with Crippen LogP contribution in [0.25, 0.3) is 0 Å². The van der Waals surface area contributed by atoms with Crippen molar-refractivity contribution in [1.82, 2.24) is 0 Å². The standard InChI is InChI=1S/C13H14O2S2/c1-15-12-6-4-11(5-7-12)8-10-17(14)13-3-2-9-16-13/h2-7,9H,8,10H2,1H3/t17-/m0/s1. The molecule has 90 valence electrons. The lowest BCUT2D eigenvalue weighted by molar-refractivity contribution is 0.414. The highest BCUT2D eigenvalue weighted by Gasteiger charge is 2.05. The number of rotatable bonds is 5. The first kappa shape index (κ1) is 12.3. The summed E-state index contributed by atoms with van der Waals surface area (Å²) < 4.78 is 18.0. The molecule has 4 heteroatoms. The van der Waals surface area contributed by atoms with Gasteiger partial charge in [-0.1, -0.05) is 18.2 Å². The second-order valence-corrected chi connectivity index (χ2v) is 6.33. The highest BCUT2D eigenvalue weighted by atomic mass is 32.2. The van der Waals surface area contributed by atoms with Crippen molar-refractivity contribution in [2.75, 3.05) is 12.9 Å². The molecule has 2 rings (SSSR count). The maximum atomic E-state index is 11.9. The average Bonchev–Trinajstić information content (AvgIpc) is 2.90. The second-order valence-electron chi connectivity index (χ2n) is 3.58. The number of ether oxygens (including phenoxy) is 1. The highest BCUT2D eigenvalue weighted by molar-refractivity contribution is 7.87. The molecule has 1 aromatic heterocycles. The smallest absolute Gasteiger partial charge is 0.118 e. The summed E-state index contributed by atoms with van der Waals surface area (Å²) in [7, 11) is 0.781. The van der Waals surface area contributed by atoms with Crippen molar-refractivity contribution in [2.45, 2.75) is 10.6 Å². The lowest BCUT2D eigenvalue weighted by Gasteiger charge is -2.03. The van der Waals surface area contributed by atoms with Gasteiger partial charge in [0.15, 0.2) is 0 Å². The monoisotopic (exact) mass is 266 g/mol. The van der Waals surface area contributed by atoms with Crippen molar-refractivity contribution in [2.24, 2.45) is 0 Å². The van der Waals surface area contributed by atoms with Crippen LogP contribution in [-0.4, -0.2) is 17.1 Å². The molecule has 2 aromatic rings. The van der Waals surface area contributed by atoms with Gasteiger partial charge >= 0.3 is 0 Å². The molecular weight excluding hydrogens is 252 g/mol. The van der Waals surface area contributed by atoms with E-state index in [0.29, 0.717) is 5.75 Å². The van der Waals surface area contributed by atoms with Gasteiger partial charge < -0.3 is 4.74 Å². The Bertz CT molecular complexity index is 475. The molecule has 0 aliphatic rings. The van der Waals surface area contributed by atoms with E-state index in [0.717, 1.165) is 16.4 Å². The number of hydrogen-bond donors (Lipinski definition) is 0. The van der Waals surface area contributed by atoms with E-state index < -0.39 is 10.8 Å². The maximum Gasteiger partial charge on any atom is 0.118 e. The molecule has 1 atom stereocenters. The van der Waals surface area contributed by atoms with Crippen LogP contribution < -0.4 is 4.74 Å². The SMILES string of the molecule is COc1ccc(CC[S@](=O)c2cccs2)cc1. The largest absolute Gasteiger partial charge is 0.497 e. The minimum atomic E-state index is -0.873. The molecule has 1 aromatic carbocycles. The third kappa shape index (κ3) is 3.41. The summed E-state index contributed by atoms with van der Waals surface area (Å²) in [5.74, 6) is 1.53. The van der Waals surface area contributed by atoms with Crippen molar-refractivity contribution in [3.8, 4) is 5.75 Å². The second kappa shape index (κ2) is 5.98. The van der Waals surface area contributed by atoms with Crippen molar-refractivity contribution >= 4 is 22.1 Å². The summed E-state index contributed by atoms with van der Waals surface area (Å²) in [6.45, 7) is 0. The summed E-state index contributed by atoms with van der Waals surface area (Å²) in [5.41, 5.74) is 1.19. The summed E-state index contributed by atoms with van der Waals surface area (Å²) >= 11 is 1.55. The molecular formula is C13H14O2S2. The molecule has 0 aliphatic carbocycles. The zero-order valence-corrected chi connectivity index (χ0v) is 11.2. The van der Waals surface area contributed by atoms with Crippen LogP contribution in [0.1, 0.15) is 5.56 Å². The van der Waals surface area contributed by atoms with E-state index in [1.54, 1.807) is 18.4 Å². The van der Waals surface area contributed by atoms with E-state index >= 15 is 0 Å². The van der Waals surface area contributed by atoms with Gasteiger partial charge in [0.25, 0.3) is 0 Å². The van der Waals surface area contributed by atoms with Gasteiger partial charge in [-0.15, -0.1) is 11.3 Å². The van der Waals surface area contributed by atoms with E-state index in [2.05, 4.69) is 0 Å². The summed E-state index contributed by atoms with van der Waals surface area (Å²) in [5, 5.41) is 1.96. The molecule has 0 bridgehead atoms. The van der Waals surface area contributed by atoms with Crippen LogP contribution in [-0.2, 0) is 17.2 Å². The Balaban J connectivity index is 1.91. The lowest BCUT2D eigenvalue weighted by Crippen LogP contribution is -2.00. The lowest BCUT2D eigenvalue weighted by atomic mass is 10.2. The van der Waals surface area contributed by atoms with Crippen LogP contribution in [0.5, 0.6) is 5.75 Å². The first-order valence-electron chi connectivity index (χ1n) is 5.34. The molecule has 0 saturated carbocycles. The molecule has 0 spiro atoms. The predicted molar refractivity (Wildman–Crippen MR) is 72.3 cm³/mol. The molecule has 0 saturated heterocycles. The zero-order valence-electron chi connectivity index (χ0n) is 9.59. The minimum absolute atomic E-state index is 0.673. The number of hydrogen-bond acceptors (Lipinski definition) is 3. The minimum Gasteiger partial charge on any atom is -0.497 e. The predicted octanol–water partition coefficient (Wildman–Crippen LogP) is 3.11. The fraction of sp³-hybridized carbons (Fsp3) is 0.231. The van der Waals surface area contributed by atoms with Gasteiger partial charge in [-0.2, -0.15) is 0 Å². The Labute approximate surface area is 108 Å². The van der Waals surface area contributed by atoms with E-state index in [4.69, 9.17) is 4.74 Å². The molecule has 0 amide bonds. The van der Waals surface area contributed by atoms with Crippen LogP contribution >= 0.6 is 11.3 Å². The molecule has 0 N–H and O–H groups in total. The van der Waals surface area contributed by atoms with Crippen LogP contribution in [0.2, 0.25) is 0 Å². The van der Waals surface area contributed by atoms with Gasteiger partial charge in [-0.05, 0) is 35.6 Å². The third-order valence-corrected chi connectivity index (χ3v) is 5.12. The van der Waals surface area contributed by atoms with Crippen LogP contribution in [0.15, 0.2) is 46.0 Å². The third-order valence-electron chi connectivity index (χ3n) is 2.45. The molecule has 0 fully saturated rings. The average molecular weight is 266 g/mol. The summed E-state index contributed by atoms with van der Waals surface area (Å²) in [4.78, 5) is 0. The van der Waals surface area contributed by atoms with Crippen molar-refractivity contribution in [3.63, 3.8) is 0 Å². The van der Waals surface area contributed by atoms with Crippen molar-refractivity contribution in [1.29, 1.82) is 0 Å². The van der Waals surface area contributed by atoms with Gasteiger partial charge in [0, 0.05) is 5.75 Å². The first-order chi connectivity index (χ1) is 8.29. The van der Waals surface area contributed by atoms with Crippen LogP contribution in [0.3, 0.4) is 0 Å². The fourth-order valence-electron chi connectivity index (χ4n) is 1.50. The van der Waals surface area contributed by atoms with Gasteiger partial charge in [0.2, 0.25) is 0 Å². The summed E-state index contributed by atoms with van der Waals surface area (Å²) in [6, 6.07) is 11.8. The Morgan fingerprint density at radius 2 is 2.00 bits per heavy atom. The van der Waals surface area contributed by atoms with Gasteiger partial charge in [0.05, 0.1) is 22.1 Å². The molecule has 0 unspecified atom stereocenters. The first-order valence-corrected chi connectivity index (χ1v) is 7.54. The normalized spacial score (nSPS) is 12.3. The quantitative estimate of drug-likeness (QED) is 0.831. The van der Waals surface area contributed by atoms with Gasteiger partial charge in [0.1, 0.15) is 5.75 Å². The highest BCUT2D eigenvalue weighted by Crippen LogP contribution is 2.16. The Kier molecular flexibility index (Phi) is 4.34. The van der Waals surface area contributed by atoms with E-state index in [9.17, 15) is 4.21 Å². The number of thiophene rings is 1. The summed E-state index contributed by atoms with van der Waals surface area (Å²) in [6.07, 6.45) is 0.828. The maximum absolute atomic E-state index is 11.9. The van der Waals surface area contributed by atoms with Crippen LogP contribution in [0, 0.1) is 0 Å². The molecule has 0 radical (unpaired) electrons.